The van der Waals surface area contributed by atoms with E-state index in [1.54, 1.807) is 18.1 Å². The minimum atomic E-state index is -0.864. The molecule has 1 aliphatic heterocycles. The second-order valence-electron chi connectivity index (χ2n) is 5.75. The number of amides is 1. The molecule has 1 aliphatic rings. The number of rotatable bonds is 7. The van der Waals surface area contributed by atoms with Crippen LogP contribution in [-0.4, -0.2) is 41.5 Å². The van der Waals surface area contributed by atoms with E-state index < -0.39 is 12.1 Å². The molecule has 0 radical (unpaired) electrons. The fourth-order valence-corrected chi connectivity index (χ4v) is 3.39. The molecule has 1 aromatic rings. The number of carbonyl (C=O) groups excluding carboxylic acids is 1. The van der Waals surface area contributed by atoms with Crippen LogP contribution in [0.2, 0.25) is 0 Å². The summed E-state index contributed by atoms with van der Waals surface area (Å²) in [5.74, 6) is -0.302. The first-order valence-corrected chi connectivity index (χ1v) is 7.83. The number of benzene rings is 1. The molecule has 0 spiro atoms. The van der Waals surface area contributed by atoms with Crippen molar-refractivity contribution in [2.75, 3.05) is 13.7 Å². The Morgan fingerprint density at radius 2 is 2.17 bits per heavy atom. The maximum Gasteiger partial charge on any atom is 0.246 e. The predicted molar refractivity (Wildman–Crippen MR) is 92.0 cm³/mol. The molecule has 0 N–H and O–H groups in total. The second kappa shape index (κ2) is 7.88. The number of methoxy groups -OCH3 is 1. The van der Waals surface area contributed by atoms with Gasteiger partial charge in [0.1, 0.15) is 6.04 Å². The highest BCUT2D eigenvalue weighted by Crippen LogP contribution is 2.40. The molecule has 6 nitrogen and oxygen atoms in total. The number of nitro groups is 1. The van der Waals surface area contributed by atoms with E-state index >= 15 is 0 Å². The van der Waals surface area contributed by atoms with E-state index in [0.717, 1.165) is 11.1 Å². The molecule has 128 valence electrons. The van der Waals surface area contributed by atoms with Crippen LogP contribution >= 0.6 is 0 Å². The molecule has 0 bridgehead atoms. The van der Waals surface area contributed by atoms with Crippen LogP contribution in [0, 0.1) is 10.1 Å². The van der Waals surface area contributed by atoms with Crippen molar-refractivity contribution < 1.29 is 14.5 Å². The van der Waals surface area contributed by atoms with Crippen molar-refractivity contribution in [2.24, 2.45) is 0 Å². The number of ether oxygens (including phenoxy) is 1. The Balaban J connectivity index is 2.52. The van der Waals surface area contributed by atoms with Gasteiger partial charge < -0.3 is 9.64 Å². The quantitative estimate of drug-likeness (QED) is 0.438. The normalized spacial score (nSPS) is 23.0. The Labute approximate surface area is 141 Å². The molecule has 3 atom stereocenters. The Bertz CT molecular complexity index is 644. The fraction of sp³-hybridized carbons (Fsp3) is 0.389. The van der Waals surface area contributed by atoms with Gasteiger partial charge in [0.2, 0.25) is 11.9 Å². The highest BCUT2D eigenvalue weighted by Gasteiger charge is 2.50. The van der Waals surface area contributed by atoms with Crippen LogP contribution < -0.4 is 0 Å². The molecule has 1 saturated heterocycles. The lowest BCUT2D eigenvalue weighted by molar-refractivity contribution is -0.525. The second-order valence-corrected chi connectivity index (χ2v) is 5.75. The number of hydrogen-bond donors (Lipinski definition) is 0. The van der Waals surface area contributed by atoms with E-state index in [4.69, 9.17) is 4.74 Å². The molecule has 0 aromatic heterocycles. The molecule has 1 amide bonds. The average molecular weight is 330 g/mol. The maximum absolute atomic E-state index is 12.5. The molecule has 24 heavy (non-hydrogen) atoms. The predicted octanol–water partition coefficient (Wildman–Crippen LogP) is 2.84. The topological polar surface area (TPSA) is 72.7 Å². The number of hydrogen-bond acceptors (Lipinski definition) is 4. The Morgan fingerprint density at radius 1 is 1.46 bits per heavy atom. The first-order valence-electron chi connectivity index (χ1n) is 7.83. The summed E-state index contributed by atoms with van der Waals surface area (Å²) in [7, 11) is 1.57. The number of nitrogens with zero attached hydrogens (tertiary/aromatic N) is 2. The highest BCUT2D eigenvalue weighted by molar-refractivity contribution is 5.88. The standard InChI is InChI=1S/C18H22N2O4/c1-4-13-8-6-7-9-15(13)18-16(20(22)23)12-14(10-11-24-3)19(18)17(21)5-2/h4-9,14,16,18H,1-2,10-12H2,3H3/t14-,16-,18+/m1/s1. The molecule has 1 aromatic carbocycles. The summed E-state index contributed by atoms with van der Waals surface area (Å²) in [5, 5.41) is 11.6. The molecular weight excluding hydrogens is 308 g/mol. The molecule has 0 aliphatic carbocycles. The van der Waals surface area contributed by atoms with Crippen LogP contribution in [0.3, 0.4) is 0 Å². The van der Waals surface area contributed by atoms with Crippen LogP contribution in [0.1, 0.15) is 30.0 Å². The summed E-state index contributed by atoms with van der Waals surface area (Å²) < 4.78 is 5.10. The van der Waals surface area contributed by atoms with Crippen molar-refractivity contribution in [1.29, 1.82) is 0 Å². The Hall–Kier alpha value is -2.47. The summed E-state index contributed by atoms with van der Waals surface area (Å²) in [5.41, 5.74) is 1.54. The zero-order valence-corrected chi connectivity index (χ0v) is 13.8. The van der Waals surface area contributed by atoms with Crippen molar-refractivity contribution >= 4 is 12.0 Å². The summed E-state index contributed by atoms with van der Waals surface area (Å²) >= 11 is 0. The van der Waals surface area contributed by atoms with E-state index in [1.165, 1.54) is 6.08 Å². The van der Waals surface area contributed by atoms with Gasteiger partial charge in [0.05, 0.1) is 0 Å². The number of likely N-dealkylation sites (tertiary alicyclic amines) is 1. The molecular formula is C18H22N2O4. The van der Waals surface area contributed by atoms with Gasteiger partial charge in [-0.1, -0.05) is 43.5 Å². The molecule has 6 heteroatoms. The summed E-state index contributed by atoms with van der Waals surface area (Å²) in [4.78, 5) is 25.4. The van der Waals surface area contributed by atoms with E-state index in [1.807, 2.05) is 24.3 Å². The van der Waals surface area contributed by atoms with Crippen molar-refractivity contribution in [1.82, 2.24) is 4.90 Å². The van der Waals surface area contributed by atoms with Crippen molar-refractivity contribution in [2.45, 2.75) is 31.0 Å². The van der Waals surface area contributed by atoms with E-state index in [2.05, 4.69) is 13.2 Å². The van der Waals surface area contributed by atoms with Crippen LogP contribution in [0.4, 0.5) is 0 Å². The summed E-state index contributed by atoms with van der Waals surface area (Å²) in [6.45, 7) is 7.76. The highest BCUT2D eigenvalue weighted by atomic mass is 16.6. The lowest BCUT2D eigenvalue weighted by atomic mass is 9.95. The number of carbonyl (C=O) groups is 1. The summed E-state index contributed by atoms with van der Waals surface area (Å²) in [6, 6.07) is 5.57. The molecule has 1 fully saturated rings. The van der Waals surface area contributed by atoms with Crippen LogP contribution in [0.5, 0.6) is 0 Å². The Kier molecular flexibility index (Phi) is 5.87. The third-order valence-electron chi connectivity index (χ3n) is 4.46. The first kappa shape index (κ1) is 17.9. The largest absolute Gasteiger partial charge is 0.385 e. The first-order chi connectivity index (χ1) is 11.5. The monoisotopic (exact) mass is 330 g/mol. The van der Waals surface area contributed by atoms with Gasteiger partial charge in [0.25, 0.3) is 0 Å². The van der Waals surface area contributed by atoms with Crippen molar-refractivity contribution in [3.63, 3.8) is 0 Å². The maximum atomic E-state index is 12.5. The van der Waals surface area contributed by atoms with E-state index in [9.17, 15) is 14.9 Å². The van der Waals surface area contributed by atoms with E-state index in [-0.39, 0.29) is 16.9 Å². The van der Waals surface area contributed by atoms with Gasteiger partial charge in [-0.2, -0.15) is 0 Å². The fourth-order valence-electron chi connectivity index (χ4n) is 3.39. The van der Waals surface area contributed by atoms with Gasteiger partial charge in [-0.3, -0.25) is 14.9 Å². The Morgan fingerprint density at radius 3 is 2.75 bits per heavy atom. The van der Waals surface area contributed by atoms with Crippen LogP contribution in [0.15, 0.2) is 43.5 Å². The van der Waals surface area contributed by atoms with Gasteiger partial charge in [-0.25, -0.2) is 0 Å². The minimum Gasteiger partial charge on any atom is -0.385 e. The van der Waals surface area contributed by atoms with Crippen LogP contribution in [0.25, 0.3) is 6.08 Å². The van der Waals surface area contributed by atoms with E-state index in [0.29, 0.717) is 19.4 Å². The third-order valence-corrected chi connectivity index (χ3v) is 4.46. The molecule has 2 rings (SSSR count). The summed E-state index contributed by atoms with van der Waals surface area (Å²) in [6.07, 6.45) is 3.72. The van der Waals surface area contributed by atoms with Crippen LogP contribution in [-0.2, 0) is 9.53 Å². The van der Waals surface area contributed by atoms with Crippen molar-refractivity contribution in [3.05, 3.63) is 64.7 Å². The van der Waals surface area contributed by atoms with Gasteiger partial charge in [-0.05, 0) is 23.6 Å². The smallest absolute Gasteiger partial charge is 0.246 e. The lowest BCUT2D eigenvalue weighted by Gasteiger charge is -2.30. The zero-order valence-electron chi connectivity index (χ0n) is 13.8. The lowest BCUT2D eigenvalue weighted by Crippen LogP contribution is -2.39. The molecule has 0 saturated carbocycles. The van der Waals surface area contributed by atoms with Crippen molar-refractivity contribution in [3.8, 4) is 0 Å². The average Bonchev–Trinajstić information content (AvgIpc) is 2.98. The molecule has 0 unspecified atom stereocenters. The zero-order chi connectivity index (χ0) is 17.7. The minimum absolute atomic E-state index is 0.256. The van der Waals surface area contributed by atoms with Gasteiger partial charge in [0.15, 0.2) is 0 Å². The third kappa shape index (κ3) is 3.38. The SMILES string of the molecule is C=CC(=O)N1[C@H](CCOC)C[C@@H]([N+](=O)[O-])[C@@H]1c1ccccc1C=C. The van der Waals surface area contributed by atoms with Gasteiger partial charge in [-0.15, -0.1) is 0 Å². The molecule has 1 heterocycles. The van der Waals surface area contributed by atoms with Gasteiger partial charge in [0, 0.05) is 31.1 Å². The van der Waals surface area contributed by atoms with Gasteiger partial charge >= 0.3 is 0 Å².